The lowest BCUT2D eigenvalue weighted by Crippen LogP contribution is -2.27. The summed E-state index contributed by atoms with van der Waals surface area (Å²) in [4.78, 5) is 2.42. The van der Waals surface area contributed by atoms with Gasteiger partial charge in [0, 0.05) is 13.1 Å². The van der Waals surface area contributed by atoms with Gasteiger partial charge in [-0.25, -0.2) is 0 Å². The molecule has 0 aliphatic carbocycles. The number of fused-ring (bicyclic) bond motifs is 1. The van der Waals surface area contributed by atoms with Gasteiger partial charge in [0.25, 0.3) is 0 Å². The molecule has 0 unspecified atom stereocenters. The van der Waals surface area contributed by atoms with Crippen molar-refractivity contribution < 1.29 is 0 Å². The highest BCUT2D eigenvalue weighted by atomic mass is 15.1. The second-order valence-electron chi connectivity index (χ2n) is 5.71. The van der Waals surface area contributed by atoms with Crippen molar-refractivity contribution in [2.75, 3.05) is 13.6 Å². The molecule has 17 heavy (non-hydrogen) atoms. The molecule has 1 aliphatic heterocycles. The number of hydrogen-bond acceptors (Lipinski definition) is 1. The van der Waals surface area contributed by atoms with Crippen molar-refractivity contribution in [2.45, 2.75) is 52.5 Å². The van der Waals surface area contributed by atoms with E-state index < -0.39 is 0 Å². The van der Waals surface area contributed by atoms with Gasteiger partial charge in [-0.3, -0.25) is 0 Å². The average molecular weight is 231 g/mol. The van der Waals surface area contributed by atoms with Crippen LogP contribution < -0.4 is 0 Å². The van der Waals surface area contributed by atoms with Crippen LogP contribution in [0.4, 0.5) is 0 Å². The van der Waals surface area contributed by atoms with Crippen LogP contribution in [0.15, 0.2) is 12.1 Å². The Morgan fingerprint density at radius 1 is 1.24 bits per heavy atom. The van der Waals surface area contributed by atoms with E-state index in [-0.39, 0.29) is 0 Å². The third-order valence-corrected chi connectivity index (χ3v) is 3.81. The van der Waals surface area contributed by atoms with Gasteiger partial charge in [0.05, 0.1) is 0 Å². The summed E-state index contributed by atoms with van der Waals surface area (Å²) in [6.45, 7) is 9.24. The first-order chi connectivity index (χ1) is 8.11. The van der Waals surface area contributed by atoms with Crippen molar-refractivity contribution in [2.24, 2.45) is 0 Å². The number of benzene rings is 1. The number of rotatable bonds is 3. The zero-order chi connectivity index (χ0) is 12.4. The minimum Gasteiger partial charge on any atom is -0.302 e. The summed E-state index contributed by atoms with van der Waals surface area (Å²) < 4.78 is 0. The molecule has 1 heterocycles. The Hall–Kier alpha value is -0.820. The Morgan fingerprint density at radius 3 is 2.65 bits per heavy atom. The molecule has 0 atom stereocenters. The van der Waals surface area contributed by atoms with E-state index in [1.54, 1.807) is 22.3 Å². The van der Waals surface area contributed by atoms with E-state index in [0.29, 0.717) is 5.92 Å². The molecule has 0 aromatic heterocycles. The fraction of sp³-hybridized carbons (Fsp3) is 0.625. The predicted molar refractivity (Wildman–Crippen MR) is 74.6 cm³/mol. The summed E-state index contributed by atoms with van der Waals surface area (Å²) >= 11 is 0. The van der Waals surface area contributed by atoms with E-state index in [4.69, 9.17) is 0 Å². The monoisotopic (exact) mass is 231 g/mol. The van der Waals surface area contributed by atoms with Crippen LogP contribution in [-0.4, -0.2) is 18.5 Å². The van der Waals surface area contributed by atoms with Gasteiger partial charge in [-0.05, 0) is 48.1 Å². The van der Waals surface area contributed by atoms with Crippen LogP contribution >= 0.6 is 0 Å². The van der Waals surface area contributed by atoms with Gasteiger partial charge in [-0.2, -0.15) is 0 Å². The van der Waals surface area contributed by atoms with Gasteiger partial charge in [0.15, 0.2) is 0 Å². The van der Waals surface area contributed by atoms with E-state index in [1.165, 1.54) is 25.8 Å². The number of nitrogens with zero attached hydrogens (tertiary/aromatic N) is 1. The SMILES string of the molecule is CCCc1cc2c(cc1C(C)C)CN(C)CC2. The van der Waals surface area contributed by atoms with Crippen LogP contribution in [0.3, 0.4) is 0 Å². The van der Waals surface area contributed by atoms with Crippen molar-refractivity contribution in [1.29, 1.82) is 0 Å². The minimum absolute atomic E-state index is 0.647. The van der Waals surface area contributed by atoms with Gasteiger partial charge < -0.3 is 4.90 Å². The highest BCUT2D eigenvalue weighted by Gasteiger charge is 2.16. The molecular formula is C16H25N. The molecule has 0 amide bonds. The summed E-state index contributed by atoms with van der Waals surface area (Å²) in [5.74, 6) is 0.647. The number of aryl methyl sites for hydroxylation is 1. The molecule has 1 heteroatoms. The van der Waals surface area contributed by atoms with Gasteiger partial charge in [0.2, 0.25) is 0 Å². The van der Waals surface area contributed by atoms with Crippen LogP contribution in [0.25, 0.3) is 0 Å². The number of likely N-dealkylation sites (N-methyl/N-ethyl adjacent to an activating group) is 1. The summed E-state index contributed by atoms with van der Waals surface area (Å²) in [5, 5.41) is 0. The third-order valence-electron chi connectivity index (χ3n) is 3.81. The highest BCUT2D eigenvalue weighted by Crippen LogP contribution is 2.28. The molecule has 94 valence electrons. The van der Waals surface area contributed by atoms with Crippen molar-refractivity contribution in [3.05, 3.63) is 34.4 Å². The fourth-order valence-corrected chi connectivity index (χ4v) is 2.84. The Morgan fingerprint density at radius 2 is 2.00 bits per heavy atom. The average Bonchev–Trinajstić information content (AvgIpc) is 2.28. The molecule has 0 bridgehead atoms. The van der Waals surface area contributed by atoms with Gasteiger partial charge in [-0.15, -0.1) is 0 Å². The van der Waals surface area contributed by atoms with Gasteiger partial charge >= 0.3 is 0 Å². The van der Waals surface area contributed by atoms with Crippen LogP contribution in [-0.2, 0) is 19.4 Å². The first-order valence-corrected chi connectivity index (χ1v) is 6.95. The maximum absolute atomic E-state index is 2.49. The molecule has 0 saturated carbocycles. The molecule has 2 rings (SSSR count). The van der Waals surface area contributed by atoms with E-state index in [2.05, 4.69) is 44.9 Å². The van der Waals surface area contributed by atoms with Crippen LogP contribution in [0.5, 0.6) is 0 Å². The molecule has 1 nitrogen and oxygen atoms in total. The smallest absolute Gasteiger partial charge is 0.0233 e. The maximum atomic E-state index is 2.49. The molecule has 1 aromatic rings. The van der Waals surface area contributed by atoms with Gasteiger partial charge in [-0.1, -0.05) is 39.3 Å². The summed E-state index contributed by atoms with van der Waals surface area (Å²) in [6.07, 6.45) is 3.70. The van der Waals surface area contributed by atoms with Crippen molar-refractivity contribution >= 4 is 0 Å². The van der Waals surface area contributed by atoms with Crippen LogP contribution in [0.1, 0.15) is 55.4 Å². The Labute approximate surface area is 106 Å². The van der Waals surface area contributed by atoms with E-state index in [0.717, 1.165) is 6.54 Å². The zero-order valence-corrected chi connectivity index (χ0v) is 11.7. The van der Waals surface area contributed by atoms with Gasteiger partial charge in [0.1, 0.15) is 0 Å². The predicted octanol–water partition coefficient (Wildman–Crippen LogP) is 3.75. The molecule has 0 spiro atoms. The van der Waals surface area contributed by atoms with Crippen molar-refractivity contribution in [3.63, 3.8) is 0 Å². The Balaban J connectivity index is 2.40. The van der Waals surface area contributed by atoms with Crippen molar-refractivity contribution in [1.82, 2.24) is 4.90 Å². The quantitative estimate of drug-likeness (QED) is 0.766. The summed E-state index contributed by atoms with van der Waals surface area (Å²) in [6, 6.07) is 4.96. The molecule has 1 aromatic carbocycles. The molecule has 0 fully saturated rings. The maximum Gasteiger partial charge on any atom is 0.0233 e. The van der Waals surface area contributed by atoms with Crippen LogP contribution in [0, 0.1) is 0 Å². The lowest BCUT2D eigenvalue weighted by Gasteiger charge is -2.27. The standard InChI is InChI=1S/C16H25N/c1-5-6-14-9-13-7-8-17(4)11-15(13)10-16(14)12(2)3/h9-10,12H,5-8,11H2,1-4H3. The van der Waals surface area contributed by atoms with E-state index >= 15 is 0 Å². The minimum atomic E-state index is 0.647. The lowest BCUT2D eigenvalue weighted by atomic mass is 9.87. The third kappa shape index (κ3) is 2.71. The summed E-state index contributed by atoms with van der Waals surface area (Å²) in [5.41, 5.74) is 6.31. The highest BCUT2D eigenvalue weighted by molar-refractivity contribution is 5.41. The van der Waals surface area contributed by atoms with E-state index in [1.807, 2.05) is 0 Å². The van der Waals surface area contributed by atoms with E-state index in [9.17, 15) is 0 Å². The second kappa shape index (κ2) is 5.22. The first-order valence-electron chi connectivity index (χ1n) is 6.95. The second-order valence-corrected chi connectivity index (χ2v) is 5.71. The first kappa shape index (κ1) is 12.6. The largest absolute Gasteiger partial charge is 0.302 e. The normalized spacial score (nSPS) is 16.3. The Bertz CT molecular complexity index is 393. The molecule has 0 saturated heterocycles. The van der Waals surface area contributed by atoms with Crippen LogP contribution in [0.2, 0.25) is 0 Å². The van der Waals surface area contributed by atoms with Crippen molar-refractivity contribution in [3.8, 4) is 0 Å². The fourth-order valence-electron chi connectivity index (χ4n) is 2.84. The number of hydrogen-bond donors (Lipinski definition) is 0. The molecule has 0 N–H and O–H groups in total. The topological polar surface area (TPSA) is 3.24 Å². The molecular weight excluding hydrogens is 206 g/mol. The zero-order valence-electron chi connectivity index (χ0n) is 11.7. The summed E-state index contributed by atoms with van der Waals surface area (Å²) in [7, 11) is 2.22. The molecule has 0 radical (unpaired) electrons. The Kier molecular flexibility index (Phi) is 3.88. The molecule has 1 aliphatic rings. The lowest BCUT2D eigenvalue weighted by molar-refractivity contribution is 0.312.